The van der Waals surface area contributed by atoms with Crippen molar-refractivity contribution in [2.75, 3.05) is 6.54 Å². The quantitative estimate of drug-likeness (QED) is 0.786. The number of aliphatic hydroxyl groups excluding tert-OH is 1. The van der Waals surface area contributed by atoms with E-state index < -0.39 is 18.7 Å². The number of halogens is 3. The van der Waals surface area contributed by atoms with Gasteiger partial charge >= 0.3 is 6.18 Å². The molecule has 2 heterocycles. The van der Waals surface area contributed by atoms with Crippen LogP contribution in [0.4, 0.5) is 13.2 Å². The molecule has 0 aliphatic carbocycles. The summed E-state index contributed by atoms with van der Waals surface area (Å²) in [5.74, 6) is -0.290. The molecule has 0 radical (unpaired) electrons. The number of aliphatic hydroxyl groups is 1. The molecule has 1 aliphatic heterocycles. The highest BCUT2D eigenvalue weighted by Gasteiger charge is 2.33. The zero-order valence-corrected chi connectivity index (χ0v) is 8.16. The molecular formula is C8H10F3N3O2. The van der Waals surface area contributed by atoms with Crippen LogP contribution >= 0.6 is 0 Å². The van der Waals surface area contributed by atoms with Gasteiger partial charge in [-0.05, 0) is 6.42 Å². The highest BCUT2D eigenvalue weighted by atomic mass is 19.4. The van der Waals surface area contributed by atoms with Gasteiger partial charge in [-0.3, -0.25) is 0 Å². The lowest BCUT2D eigenvalue weighted by Crippen LogP contribution is -2.15. The van der Waals surface area contributed by atoms with Crippen molar-refractivity contribution in [3.63, 3.8) is 0 Å². The molecule has 1 saturated heterocycles. The van der Waals surface area contributed by atoms with Crippen LogP contribution in [0.1, 0.15) is 24.2 Å². The third-order valence-corrected chi connectivity index (χ3v) is 2.25. The molecular weight excluding hydrogens is 227 g/mol. The van der Waals surface area contributed by atoms with Gasteiger partial charge in [-0.15, -0.1) is 0 Å². The van der Waals surface area contributed by atoms with Gasteiger partial charge in [-0.2, -0.15) is 18.2 Å². The van der Waals surface area contributed by atoms with E-state index >= 15 is 0 Å². The van der Waals surface area contributed by atoms with Crippen molar-refractivity contribution >= 4 is 0 Å². The van der Waals surface area contributed by atoms with Gasteiger partial charge in [0.1, 0.15) is 6.42 Å². The maximum atomic E-state index is 12.0. The molecule has 0 amide bonds. The van der Waals surface area contributed by atoms with Crippen molar-refractivity contribution in [1.29, 1.82) is 0 Å². The first-order valence-corrected chi connectivity index (χ1v) is 4.75. The van der Waals surface area contributed by atoms with Gasteiger partial charge in [0.05, 0.1) is 12.1 Å². The fourth-order valence-electron chi connectivity index (χ4n) is 1.57. The third kappa shape index (κ3) is 2.70. The Morgan fingerprint density at radius 2 is 2.25 bits per heavy atom. The van der Waals surface area contributed by atoms with Crippen LogP contribution in [0, 0.1) is 0 Å². The van der Waals surface area contributed by atoms with Crippen LogP contribution in [0.15, 0.2) is 4.52 Å². The minimum Gasteiger partial charge on any atom is -0.392 e. The van der Waals surface area contributed by atoms with E-state index in [-0.39, 0.29) is 17.8 Å². The highest BCUT2D eigenvalue weighted by Crippen LogP contribution is 2.24. The standard InChI is InChI=1S/C8H10F3N3O2/c9-8(10,11)2-6-13-7(16-14-6)5-1-4(15)3-12-5/h4-5,12,15H,1-3H2/t4-,5-/m1/s1. The summed E-state index contributed by atoms with van der Waals surface area (Å²) in [7, 11) is 0. The van der Waals surface area contributed by atoms with E-state index in [0.717, 1.165) is 0 Å². The molecule has 2 atom stereocenters. The number of rotatable bonds is 2. The van der Waals surface area contributed by atoms with Crippen molar-refractivity contribution < 1.29 is 22.8 Å². The zero-order chi connectivity index (χ0) is 11.8. The van der Waals surface area contributed by atoms with Crippen LogP contribution in [-0.2, 0) is 6.42 Å². The number of nitrogens with zero attached hydrogens (tertiary/aromatic N) is 2. The zero-order valence-electron chi connectivity index (χ0n) is 8.16. The molecule has 2 rings (SSSR count). The van der Waals surface area contributed by atoms with Crippen molar-refractivity contribution in [1.82, 2.24) is 15.5 Å². The fourth-order valence-corrected chi connectivity index (χ4v) is 1.57. The van der Waals surface area contributed by atoms with Crippen LogP contribution in [0.3, 0.4) is 0 Å². The van der Waals surface area contributed by atoms with Crippen molar-refractivity contribution in [2.45, 2.75) is 31.2 Å². The maximum Gasteiger partial charge on any atom is 0.396 e. The number of hydrogen-bond acceptors (Lipinski definition) is 5. The highest BCUT2D eigenvalue weighted by molar-refractivity contribution is 4.98. The van der Waals surface area contributed by atoms with Gasteiger partial charge in [0.2, 0.25) is 5.89 Å². The molecule has 16 heavy (non-hydrogen) atoms. The van der Waals surface area contributed by atoms with E-state index in [1.165, 1.54) is 0 Å². The van der Waals surface area contributed by atoms with Gasteiger partial charge in [-0.1, -0.05) is 5.16 Å². The molecule has 5 nitrogen and oxygen atoms in total. The maximum absolute atomic E-state index is 12.0. The van der Waals surface area contributed by atoms with E-state index in [2.05, 4.69) is 15.5 Å². The summed E-state index contributed by atoms with van der Waals surface area (Å²) in [6.45, 7) is 0.377. The molecule has 2 N–H and O–H groups in total. The predicted octanol–water partition coefficient (Wildman–Crippen LogP) is 0.570. The van der Waals surface area contributed by atoms with Gasteiger partial charge < -0.3 is 14.9 Å². The minimum atomic E-state index is -4.34. The minimum absolute atomic E-state index is 0.0933. The van der Waals surface area contributed by atoms with E-state index in [0.29, 0.717) is 13.0 Å². The van der Waals surface area contributed by atoms with E-state index in [1.807, 2.05) is 0 Å². The third-order valence-electron chi connectivity index (χ3n) is 2.25. The SMILES string of the molecule is O[C@H]1CN[C@@H](c2nc(CC(F)(F)F)no2)C1. The Bertz CT molecular complexity index is 366. The molecule has 0 saturated carbocycles. The van der Waals surface area contributed by atoms with Gasteiger partial charge in [0.25, 0.3) is 0 Å². The second-order valence-corrected chi connectivity index (χ2v) is 3.69. The van der Waals surface area contributed by atoms with Crippen LogP contribution < -0.4 is 5.32 Å². The van der Waals surface area contributed by atoms with E-state index in [9.17, 15) is 18.3 Å². The summed E-state index contributed by atoms with van der Waals surface area (Å²) in [5.41, 5.74) is 0. The number of hydrogen-bond donors (Lipinski definition) is 2. The van der Waals surface area contributed by atoms with Crippen LogP contribution in [-0.4, -0.2) is 34.1 Å². The molecule has 1 aromatic rings. The molecule has 0 unspecified atom stereocenters. The number of aromatic nitrogens is 2. The lowest BCUT2D eigenvalue weighted by molar-refractivity contribution is -0.128. The summed E-state index contributed by atoms with van der Waals surface area (Å²) < 4.78 is 40.7. The molecule has 90 valence electrons. The largest absolute Gasteiger partial charge is 0.396 e. The lowest BCUT2D eigenvalue weighted by atomic mass is 10.2. The molecule has 1 fully saturated rings. The molecule has 8 heteroatoms. The van der Waals surface area contributed by atoms with Gasteiger partial charge in [0.15, 0.2) is 5.82 Å². The smallest absolute Gasteiger partial charge is 0.392 e. The Morgan fingerprint density at radius 1 is 1.50 bits per heavy atom. The average Bonchev–Trinajstić information content (AvgIpc) is 2.71. The first-order chi connectivity index (χ1) is 7.44. The topological polar surface area (TPSA) is 71.2 Å². The van der Waals surface area contributed by atoms with Crippen molar-refractivity contribution in [2.24, 2.45) is 0 Å². The lowest BCUT2D eigenvalue weighted by Gasteiger charge is -2.02. The van der Waals surface area contributed by atoms with Crippen LogP contribution in [0.2, 0.25) is 0 Å². The average molecular weight is 237 g/mol. The van der Waals surface area contributed by atoms with Crippen LogP contribution in [0.25, 0.3) is 0 Å². The van der Waals surface area contributed by atoms with Gasteiger partial charge in [0, 0.05) is 6.54 Å². The predicted molar refractivity (Wildman–Crippen MR) is 45.4 cm³/mol. The second kappa shape index (κ2) is 4.02. The summed E-state index contributed by atoms with van der Waals surface area (Å²) in [6, 6.07) is -0.357. The summed E-state index contributed by atoms with van der Waals surface area (Å²) >= 11 is 0. The normalized spacial score (nSPS) is 26.2. The monoisotopic (exact) mass is 237 g/mol. The molecule has 0 aromatic carbocycles. The van der Waals surface area contributed by atoms with Gasteiger partial charge in [-0.25, -0.2) is 0 Å². The number of alkyl halides is 3. The Labute approximate surface area is 88.6 Å². The molecule has 1 aromatic heterocycles. The summed E-state index contributed by atoms with van der Waals surface area (Å²) in [6.07, 6.45) is -5.70. The summed E-state index contributed by atoms with van der Waals surface area (Å²) in [4.78, 5) is 3.64. The molecule has 0 bridgehead atoms. The Kier molecular flexibility index (Phi) is 2.85. The Morgan fingerprint density at radius 3 is 2.81 bits per heavy atom. The fraction of sp³-hybridized carbons (Fsp3) is 0.750. The van der Waals surface area contributed by atoms with E-state index in [4.69, 9.17) is 4.52 Å². The molecule has 1 aliphatic rings. The van der Waals surface area contributed by atoms with Crippen molar-refractivity contribution in [3.8, 4) is 0 Å². The van der Waals surface area contributed by atoms with Crippen LogP contribution in [0.5, 0.6) is 0 Å². The Balaban J connectivity index is 2.02. The number of β-amino-alcohol motifs (C(OH)–C–C–N with tert-alkyl or cyclic N) is 1. The first-order valence-electron chi connectivity index (χ1n) is 4.75. The first kappa shape index (κ1) is 11.3. The van der Waals surface area contributed by atoms with Crippen molar-refractivity contribution in [3.05, 3.63) is 11.7 Å². The Hall–Kier alpha value is -1.15. The number of nitrogens with one attached hydrogen (secondary N) is 1. The van der Waals surface area contributed by atoms with E-state index in [1.54, 1.807) is 0 Å². The molecule has 0 spiro atoms. The second-order valence-electron chi connectivity index (χ2n) is 3.69. The summed E-state index contributed by atoms with van der Waals surface area (Å²) in [5, 5.41) is 15.3.